The summed E-state index contributed by atoms with van der Waals surface area (Å²) in [7, 11) is 1.73. The molecule has 0 fully saturated rings. The lowest BCUT2D eigenvalue weighted by molar-refractivity contribution is 0.414. The van der Waals surface area contributed by atoms with Crippen molar-refractivity contribution in [2.24, 2.45) is 0 Å². The molecule has 164 valence electrons. The Morgan fingerprint density at radius 3 is 1.35 bits per heavy atom. The Kier molecular flexibility index (Phi) is 6.36. The van der Waals surface area contributed by atoms with E-state index in [1.165, 1.54) is 34.1 Å². The van der Waals surface area contributed by atoms with Crippen molar-refractivity contribution in [3.05, 3.63) is 185 Å². The number of methoxy groups -OCH3 is 1. The smallest absolute Gasteiger partial charge is 0.119 e. The van der Waals surface area contributed by atoms with Gasteiger partial charge in [0.05, 0.1) is 24.2 Å². The van der Waals surface area contributed by atoms with Crippen molar-refractivity contribution in [1.82, 2.24) is 0 Å². The maximum atomic E-state index is 5.81. The molecular weight excluding hydrogens is 412 g/mol. The van der Waals surface area contributed by atoms with Gasteiger partial charge in [0.25, 0.3) is 0 Å². The topological polar surface area (TPSA) is 9.23 Å². The number of hydrogen-bond donors (Lipinski definition) is 0. The van der Waals surface area contributed by atoms with Crippen LogP contribution in [0.5, 0.6) is 5.75 Å². The van der Waals surface area contributed by atoms with Crippen LogP contribution in [0.2, 0.25) is 0 Å². The largest absolute Gasteiger partial charge is 0.497 e. The first-order valence-electron chi connectivity index (χ1n) is 11.5. The minimum absolute atomic E-state index is 0.834. The minimum atomic E-state index is 0.834. The summed E-state index contributed by atoms with van der Waals surface area (Å²) in [4.78, 5) is 0. The molecular formula is C33H26O. The minimum Gasteiger partial charge on any atom is -0.497 e. The molecule has 0 N–H and O–H groups in total. The van der Waals surface area contributed by atoms with Crippen molar-refractivity contribution in [1.29, 1.82) is 0 Å². The van der Waals surface area contributed by atoms with E-state index in [0.717, 1.165) is 16.9 Å². The molecule has 0 amide bonds. The van der Waals surface area contributed by atoms with Gasteiger partial charge >= 0.3 is 0 Å². The van der Waals surface area contributed by atoms with Crippen molar-refractivity contribution in [2.75, 3.05) is 7.11 Å². The summed E-state index contributed by atoms with van der Waals surface area (Å²) in [5.41, 5.74) is 6.94. The second-order valence-corrected chi connectivity index (χ2v) is 8.16. The monoisotopic (exact) mass is 438 g/mol. The van der Waals surface area contributed by atoms with Gasteiger partial charge in [-0.05, 0) is 48.5 Å². The molecule has 1 nitrogen and oxygen atoms in total. The van der Waals surface area contributed by atoms with Crippen molar-refractivity contribution in [3.8, 4) is 5.75 Å². The molecule has 0 unspecified atom stereocenters. The van der Waals surface area contributed by atoms with Crippen LogP contribution in [0.1, 0.15) is 33.4 Å². The molecule has 0 saturated heterocycles. The first-order valence-corrected chi connectivity index (χ1v) is 11.5. The van der Waals surface area contributed by atoms with Crippen LogP contribution in [0.25, 0.3) is 0 Å². The Bertz CT molecular complexity index is 1130. The van der Waals surface area contributed by atoms with Gasteiger partial charge in [-0.3, -0.25) is 0 Å². The third-order valence-corrected chi connectivity index (χ3v) is 5.97. The highest BCUT2D eigenvalue weighted by atomic mass is 16.5. The summed E-state index contributed by atoms with van der Waals surface area (Å²) in [5.74, 6) is 3.20. The second-order valence-electron chi connectivity index (χ2n) is 8.16. The van der Waals surface area contributed by atoms with E-state index in [4.69, 9.17) is 4.74 Å². The number of rotatable bonds is 7. The summed E-state index contributed by atoms with van der Waals surface area (Å²) in [6.07, 6.45) is 0. The van der Waals surface area contributed by atoms with Crippen molar-refractivity contribution < 1.29 is 4.74 Å². The van der Waals surface area contributed by atoms with E-state index in [9.17, 15) is 0 Å². The fourth-order valence-electron chi connectivity index (χ4n) is 4.42. The maximum absolute atomic E-state index is 5.81. The third kappa shape index (κ3) is 4.55. The van der Waals surface area contributed by atoms with Gasteiger partial charge in [-0.15, -0.1) is 0 Å². The zero-order valence-electron chi connectivity index (χ0n) is 19.2. The van der Waals surface area contributed by atoms with E-state index in [1.54, 1.807) is 7.11 Å². The predicted molar refractivity (Wildman–Crippen MR) is 140 cm³/mol. The third-order valence-electron chi connectivity index (χ3n) is 5.97. The molecule has 1 heteroatoms. The Labute approximate surface area is 202 Å². The fraction of sp³-hybridized carbons (Fsp3) is 0.0303. The molecule has 0 aliphatic rings. The second kappa shape index (κ2) is 10.1. The van der Waals surface area contributed by atoms with Gasteiger partial charge in [0.1, 0.15) is 5.75 Å². The van der Waals surface area contributed by atoms with Crippen LogP contribution in [0.15, 0.2) is 140 Å². The van der Waals surface area contributed by atoms with Crippen LogP contribution in [0.4, 0.5) is 0 Å². The molecule has 0 heterocycles. The fourth-order valence-corrected chi connectivity index (χ4v) is 4.42. The number of ether oxygens (including phenoxy) is 1. The lowest BCUT2D eigenvalue weighted by Crippen LogP contribution is -2.09. The highest BCUT2D eigenvalue weighted by molar-refractivity contribution is 5.64. The molecule has 0 aliphatic carbocycles. The molecule has 0 bridgehead atoms. The normalized spacial score (nSPS) is 10.5. The first-order chi connectivity index (χ1) is 16.8. The van der Waals surface area contributed by atoms with E-state index < -0.39 is 0 Å². The quantitative estimate of drug-likeness (QED) is 0.187. The molecule has 34 heavy (non-hydrogen) atoms. The van der Waals surface area contributed by atoms with Crippen molar-refractivity contribution in [2.45, 2.75) is 0 Å². The van der Waals surface area contributed by atoms with Gasteiger partial charge in [0.15, 0.2) is 0 Å². The standard InChI is InChI=1S/C33H26O/c1-34-31-23-29(32(25-14-6-2-7-15-25)26-16-8-3-9-17-26)22-30(24-31)33(27-18-10-4-11-19-27)28-20-12-5-13-21-28/h2-24H,1H3. The van der Waals surface area contributed by atoms with E-state index >= 15 is 0 Å². The number of hydrogen-bond acceptors (Lipinski definition) is 1. The summed E-state index contributed by atoms with van der Waals surface area (Å²) < 4.78 is 5.81. The van der Waals surface area contributed by atoms with Crippen molar-refractivity contribution in [3.63, 3.8) is 0 Å². The van der Waals surface area contributed by atoms with Crippen molar-refractivity contribution >= 4 is 0 Å². The summed E-state index contributed by atoms with van der Waals surface area (Å²) in [6, 6.07) is 48.8. The van der Waals surface area contributed by atoms with E-state index in [2.05, 4.69) is 140 Å². The molecule has 5 aromatic carbocycles. The summed E-state index contributed by atoms with van der Waals surface area (Å²) >= 11 is 0. The van der Waals surface area contributed by atoms with E-state index in [-0.39, 0.29) is 0 Å². The highest BCUT2D eigenvalue weighted by Gasteiger charge is 2.23. The van der Waals surface area contributed by atoms with Gasteiger partial charge in [0, 0.05) is 11.6 Å². The van der Waals surface area contributed by atoms with Gasteiger partial charge in [-0.1, -0.05) is 108 Å². The van der Waals surface area contributed by atoms with E-state index in [0.29, 0.717) is 0 Å². The van der Waals surface area contributed by atoms with Crippen LogP contribution >= 0.6 is 0 Å². The Balaban J connectivity index is 1.71. The van der Waals surface area contributed by atoms with Gasteiger partial charge < -0.3 is 4.74 Å². The lowest BCUT2D eigenvalue weighted by Gasteiger charge is -2.27. The zero-order chi connectivity index (χ0) is 23.2. The maximum Gasteiger partial charge on any atom is 0.119 e. The van der Waals surface area contributed by atoms with Crippen LogP contribution < -0.4 is 4.74 Å². The Hall–Kier alpha value is -4.36. The average molecular weight is 439 g/mol. The molecule has 5 rings (SSSR count). The predicted octanol–water partition coefficient (Wildman–Crippen LogP) is 7.73. The summed E-state index contributed by atoms with van der Waals surface area (Å²) in [5, 5.41) is 0. The SMILES string of the molecule is COc1cc([C+](c2ccccc2)c2ccccc2)cc([C-](c2ccccc2)c2ccccc2)c1. The molecule has 0 atom stereocenters. The lowest BCUT2D eigenvalue weighted by atomic mass is 9.80. The van der Waals surface area contributed by atoms with Gasteiger partial charge in [-0.2, -0.15) is 0 Å². The molecule has 0 radical (unpaired) electrons. The number of benzene rings is 5. The van der Waals surface area contributed by atoms with Crippen LogP contribution in [-0.2, 0) is 0 Å². The highest BCUT2D eigenvalue weighted by Crippen LogP contribution is 2.38. The summed E-state index contributed by atoms with van der Waals surface area (Å²) in [6.45, 7) is 0. The van der Waals surface area contributed by atoms with Gasteiger partial charge in [-0.25, -0.2) is 0 Å². The van der Waals surface area contributed by atoms with Crippen LogP contribution in [0, 0.1) is 11.8 Å². The molecule has 0 aliphatic heterocycles. The molecule has 0 saturated carbocycles. The molecule has 0 aromatic heterocycles. The van der Waals surface area contributed by atoms with E-state index in [1.807, 2.05) is 0 Å². The molecule has 5 aromatic rings. The Morgan fingerprint density at radius 2 is 0.912 bits per heavy atom. The van der Waals surface area contributed by atoms with Crippen LogP contribution in [-0.4, -0.2) is 7.11 Å². The average Bonchev–Trinajstić information content (AvgIpc) is 2.91. The first kappa shape index (κ1) is 21.5. The molecule has 0 spiro atoms. The van der Waals surface area contributed by atoms with Crippen LogP contribution in [0.3, 0.4) is 0 Å². The Morgan fingerprint density at radius 1 is 0.471 bits per heavy atom. The van der Waals surface area contributed by atoms with Gasteiger partial charge in [0.2, 0.25) is 0 Å². The zero-order valence-corrected chi connectivity index (χ0v) is 19.2.